The van der Waals surface area contributed by atoms with E-state index >= 15 is 0 Å². The third-order valence-corrected chi connectivity index (χ3v) is 2.52. The molecule has 0 amide bonds. The zero-order chi connectivity index (χ0) is 15.2. The van der Waals surface area contributed by atoms with E-state index < -0.39 is 57.5 Å². The lowest BCUT2D eigenvalue weighted by atomic mass is 10.0. The van der Waals surface area contributed by atoms with Crippen molar-refractivity contribution in [3.05, 3.63) is 47.0 Å². The highest BCUT2D eigenvalue weighted by Crippen LogP contribution is 2.38. The lowest BCUT2D eigenvalue weighted by Gasteiger charge is -2.11. The summed E-state index contributed by atoms with van der Waals surface area (Å²) in [5, 5.41) is 17.7. The van der Waals surface area contributed by atoms with Crippen molar-refractivity contribution < 1.29 is 36.6 Å². The molecule has 0 saturated heterocycles. The molecule has 106 valence electrons. The van der Waals surface area contributed by atoms with Gasteiger partial charge >= 0.3 is 0 Å². The van der Waals surface area contributed by atoms with Gasteiger partial charge in [0.25, 0.3) is 0 Å². The molecule has 0 heterocycles. The summed E-state index contributed by atoms with van der Waals surface area (Å²) in [6, 6.07) is 0.611. The molecule has 0 spiro atoms. The van der Waals surface area contributed by atoms with Gasteiger partial charge in [0.1, 0.15) is 17.4 Å². The number of halogens is 6. The molecule has 20 heavy (non-hydrogen) atoms. The van der Waals surface area contributed by atoms with Crippen LogP contribution in [0, 0.1) is 34.9 Å². The maximum absolute atomic E-state index is 13.5. The Labute approximate surface area is 107 Å². The van der Waals surface area contributed by atoms with Crippen molar-refractivity contribution in [1.82, 2.24) is 0 Å². The fourth-order valence-corrected chi connectivity index (χ4v) is 1.64. The third kappa shape index (κ3) is 1.93. The average Bonchev–Trinajstić information content (AvgIpc) is 2.37. The molecule has 8 heteroatoms. The number of hydrogen-bond acceptors (Lipinski definition) is 2. The molecule has 0 aromatic heterocycles. The fourth-order valence-electron chi connectivity index (χ4n) is 1.64. The molecule has 0 bridgehead atoms. The first-order valence-electron chi connectivity index (χ1n) is 4.99. The summed E-state index contributed by atoms with van der Waals surface area (Å²) < 4.78 is 80.3. The summed E-state index contributed by atoms with van der Waals surface area (Å²) in [4.78, 5) is 0. The second-order valence-electron chi connectivity index (χ2n) is 3.76. The molecule has 0 radical (unpaired) electrons. The second kappa shape index (κ2) is 4.62. The quantitative estimate of drug-likeness (QED) is 0.623. The van der Waals surface area contributed by atoms with Crippen LogP contribution in [0.15, 0.2) is 12.1 Å². The number of rotatable bonds is 1. The first-order valence-corrected chi connectivity index (χ1v) is 4.99. The molecule has 2 aromatic rings. The predicted octanol–water partition coefficient (Wildman–Crippen LogP) is 3.60. The molecular formula is C12H4F6O2. The number of hydrogen-bond donors (Lipinski definition) is 2. The van der Waals surface area contributed by atoms with E-state index in [0.29, 0.717) is 12.1 Å². The molecule has 0 aliphatic heterocycles. The zero-order valence-electron chi connectivity index (χ0n) is 9.32. The Hall–Kier alpha value is -2.38. The Morgan fingerprint density at radius 2 is 1.00 bits per heavy atom. The molecule has 0 saturated carbocycles. The molecule has 2 N–H and O–H groups in total. The fraction of sp³-hybridized carbons (Fsp3) is 0. The van der Waals surface area contributed by atoms with Gasteiger partial charge < -0.3 is 10.2 Å². The average molecular weight is 294 g/mol. The van der Waals surface area contributed by atoms with Gasteiger partial charge in [0, 0.05) is 12.1 Å². The van der Waals surface area contributed by atoms with Crippen molar-refractivity contribution >= 4 is 0 Å². The summed E-state index contributed by atoms with van der Waals surface area (Å²) in [5.41, 5.74) is -3.07. The van der Waals surface area contributed by atoms with Crippen LogP contribution in [0.4, 0.5) is 26.3 Å². The first kappa shape index (κ1) is 14.0. The molecule has 0 fully saturated rings. The smallest absolute Gasteiger partial charge is 0.204 e. The largest absolute Gasteiger partial charge is 0.508 e. The van der Waals surface area contributed by atoms with Crippen LogP contribution >= 0.6 is 0 Å². The van der Waals surface area contributed by atoms with Crippen LogP contribution in [-0.4, -0.2) is 10.2 Å². The van der Waals surface area contributed by atoms with Crippen LogP contribution in [0.5, 0.6) is 11.5 Å². The van der Waals surface area contributed by atoms with E-state index in [0.717, 1.165) is 0 Å². The van der Waals surface area contributed by atoms with Gasteiger partial charge in [-0.05, 0) is 0 Å². The Morgan fingerprint density at radius 3 is 1.40 bits per heavy atom. The zero-order valence-corrected chi connectivity index (χ0v) is 9.32. The summed E-state index contributed by atoms with van der Waals surface area (Å²) in [5.74, 6) is -14.8. The Bertz CT molecular complexity index is 662. The van der Waals surface area contributed by atoms with Crippen LogP contribution in [0.1, 0.15) is 0 Å². The van der Waals surface area contributed by atoms with Crippen LogP contribution < -0.4 is 0 Å². The maximum Gasteiger partial charge on any atom is 0.204 e. The molecular weight excluding hydrogens is 290 g/mol. The van der Waals surface area contributed by atoms with Gasteiger partial charge in [-0.25, -0.2) is 17.6 Å². The lowest BCUT2D eigenvalue weighted by molar-refractivity contribution is 0.358. The van der Waals surface area contributed by atoms with E-state index in [9.17, 15) is 26.3 Å². The van der Waals surface area contributed by atoms with Gasteiger partial charge in [0.2, 0.25) is 11.6 Å². The maximum atomic E-state index is 13.5. The van der Waals surface area contributed by atoms with Gasteiger partial charge in [0.15, 0.2) is 17.4 Å². The molecule has 0 aliphatic carbocycles. The third-order valence-electron chi connectivity index (χ3n) is 2.52. The topological polar surface area (TPSA) is 40.5 Å². The van der Waals surface area contributed by atoms with Crippen molar-refractivity contribution in [2.24, 2.45) is 0 Å². The van der Waals surface area contributed by atoms with E-state index in [1.807, 2.05) is 0 Å². The number of phenolic OH excluding ortho intramolecular Hbond substituents is 2. The van der Waals surface area contributed by atoms with Crippen molar-refractivity contribution in [2.75, 3.05) is 0 Å². The number of benzene rings is 2. The van der Waals surface area contributed by atoms with Crippen LogP contribution in [0.2, 0.25) is 0 Å². The van der Waals surface area contributed by atoms with Gasteiger partial charge in [-0.15, -0.1) is 0 Å². The standard InChI is InChI=1S/C12H4F6O2/c13-4-1-3(19)2-5(14)6(4)7-8(15)10(17)12(20)11(18)9(7)16/h1-2,19-20H. The van der Waals surface area contributed by atoms with E-state index in [4.69, 9.17) is 10.2 Å². The van der Waals surface area contributed by atoms with Gasteiger partial charge in [-0.3, -0.25) is 0 Å². The highest BCUT2D eigenvalue weighted by molar-refractivity contribution is 5.68. The van der Waals surface area contributed by atoms with Crippen molar-refractivity contribution in [3.63, 3.8) is 0 Å². The van der Waals surface area contributed by atoms with Crippen LogP contribution in [-0.2, 0) is 0 Å². The summed E-state index contributed by atoms with van der Waals surface area (Å²) in [6.07, 6.45) is 0. The predicted molar refractivity (Wildman–Crippen MR) is 55.0 cm³/mol. The van der Waals surface area contributed by atoms with Gasteiger partial charge in [0.05, 0.1) is 11.1 Å². The van der Waals surface area contributed by atoms with Gasteiger partial charge in [-0.1, -0.05) is 0 Å². The highest BCUT2D eigenvalue weighted by atomic mass is 19.2. The summed E-state index contributed by atoms with van der Waals surface area (Å²) >= 11 is 0. The monoisotopic (exact) mass is 294 g/mol. The van der Waals surface area contributed by atoms with E-state index in [-0.39, 0.29) is 0 Å². The molecule has 2 nitrogen and oxygen atoms in total. The molecule has 2 aromatic carbocycles. The number of aromatic hydroxyl groups is 2. The van der Waals surface area contributed by atoms with E-state index in [1.165, 1.54) is 0 Å². The lowest BCUT2D eigenvalue weighted by Crippen LogP contribution is -2.03. The van der Waals surface area contributed by atoms with E-state index in [2.05, 4.69) is 0 Å². The minimum Gasteiger partial charge on any atom is -0.508 e. The van der Waals surface area contributed by atoms with Crippen LogP contribution in [0.25, 0.3) is 11.1 Å². The summed E-state index contributed by atoms with van der Waals surface area (Å²) in [6.45, 7) is 0. The van der Waals surface area contributed by atoms with Crippen LogP contribution in [0.3, 0.4) is 0 Å². The van der Waals surface area contributed by atoms with Gasteiger partial charge in [-0.2, -0.15) is 8.78 Å². The van der Waals surface area contributed by atoms with Crippen molar-refractivity contribution in [1.29, 1.82) is 0 Å². The molecule has 0 aliphatic rings. The number of phenols is 2. The van der Waals surface area contributed by atoms with E-state index in [1.54, 1.807) is 0 Å². The molecule has 2 rings (SSSR count). The molecule has 0 atom stereocenters. The Kier molecular flexibility index (Phi) is 3.24. The minimum atomic E-state index is -2.19. The minimum absolute atomic E-state index is 0.306. The Morgan fingerprint density at radius 1 is 0.600 bits per heavy atom. The summed E-state index contributed by atoms with van der Waals surface area (Å²) in [7, 11) is 0. The first-order chi connectivity index (χ1) is 9.25. The molecule has 0 unspecified atom stereocenters. The SMILES string of the molecule is Oc1cc(F)c(-c2c(F)c(F)c(O)c(F)c2F)c(F)c1. The van der Waals surface area contributed by atoms with Crippen molar-refractivity contribution in [3.8, 4) is 22.6 Å². The second-order valence-corrected chi connectivity index (χ2v) is 3.76. The highest BCUT2D eigenvalue weighted by Gasteiger charge is 2.29. The Balaban J connectivity index is 2.91. The normalized spacial score (nSPS) is 10.9. The van der Waals surface area contributed by atoms with Crippen molar-refractivity contribution in [2.45, 2.75) is 0 Å².